The maximum atomic E-state index is 12.7. The van der Waals surface area contributed by atoms with Gasteiger partial charge < -0.3 is 10.5 Å². The Morgan fingerprint density at radius 2 is 2.31 bits per heavy atom. The smallest absolute Gasteiger partial charge is 0.338 e. The van der Waals surface area contributed by atoms with Crippen LogP contribution in [0, 0.1) is 0 Å². The van der Waals surface area contributed by atoms with Crippen molar-refractivity contribution in [2.24, 2.45) is 0 Å². The highest BCUT2D eigenvalue weighted by Gasteiger charge is 2.24. The molecule has 1 heterocycles. The highest BCUT2D eigenvalue weighted by atomic mass is 79.9. The lowest BCUT2D eigenvalue weighted by atomic mass is 10.1. The van der Waals surface area contributed by atoms with Crippen LogP contribution >= 0.6 is 15.9 Å². The molecule has 0 radical (unpaired) electrons. The van der Waals surface area contributed by atoms with Crippen molar-refractivity contribution in [2.75, 3.05) is 12.3 Å². The van der Waals surface area contributed by atoms with Gasteiger partial charge in [0.05, 0.1) is 17.7 Å². The summed E-state index contributed by atoms with van der Waals surface area (Å²) in [4.78, 5) is 15.0. The largest absolute Gasteiger partial charge is 0.462 e. The van der Waals surface area contributed by atoms with Gasteiger partial charge in [0.1, 0.15) is 10.4 Å². The first-order valence-electron chi connectivity index (χ1n) is 4.38. The first kappa shape index (κ1) is 12.8. The number of nitrogen functional groups attached to an aromatic ring is 1. The predicted octanol–water partition coefficient (Wildman–Crippen LogP) is 2.54. The second-order valence-corrected chi connectivity index (χ2v) is 3.57. The molecule has 0 unspecified atom stereocenters. The van der Waals surface area contributed by atoms with Crippen LogP contribution in [0.1, 0.15) is 29.3 Å². The zero-order valence-electron chi connectivity index (χ0n) is 8.34. The van der Waals surface area contributed by atoms with E-state index < -0.39 is 18.0 Å². The van der Waals surface area contributed by atoms with Crippen molar-refractivity contribution in [3.63, 3.8) is 0 Å². The summed E-state index contributed by atoms with van der Waals surface area (Å²) in [6.45, 7) is 1.68. The summed E-state index contributed by atoms with van der Waals surface area (Å²) in [6, 6.07) is 1.07. The van der Waals surface area contributed by atoms with E-state index in [2.05, 4.69) is 25.7 Å². The van der Waals surface area contributed by atoms with Crippen LogP contribution < -0.4 is 5.73 Å². The monoisotopic (exact) mass is 294 g/mol. The molecular weight excluding hydrogens is 286 g/mol. The summed E-state index contributed by atoms with van der Waals surface area (Å²) >= 11 is 2.84. The Hall–Kier alpha value is -1.24. The van der Waals surface area contributed by atoms with Gasteiger partial charge >= 0.3 is 5.97 Å². The number of ether oxygens (including phenoxy) is 1. The number of halogens is 3. The van der Waals surface area contributed by atoms with Gasteiger partial charge in [0, 0.05) is 0 Å². The van der Waals surface area contributed by atoms with Crippen molar-refractivity contribution < 1.29 is 18.3 Å². The molecule has 1 aromatic rings. The van der Waals surface area contributed by atoms with Crippen LogP contribution in [0.2, 0.25) is 0 Å². The molecule has 0 spiro atoms. The fourth-order valence-corrected chi connectivity index (χ4v) is 1.72. The Kier molecular flexibility index (Phi) is 4.17. The van der Waals surface area contributed by atoms with Gasteiger partial charge in [0.2, 0.25) is 0 Å². The van der Waals surface area contributed by atoms with Crippen molar-refractivity contribution >= 4 is 27.7 Å². The molecule has 7 heteroatoms. The molecule has 0 saturated carbocycles. The maximum absolute atomic E-state index is 12.7. The topological polar surface area (TPSA) is 65.2 Å². The average molecular weight is 295 g/mol. The normalized spacial score (nSPS) is 10.6. The van der Waals surface area contributed by atoms with Gasteiger partial charge in [-0.1, -0.05) is 0 Å². The molecule has 2 N–H and O–H groups in total. The first-order valence-corrected chi connectivity index (χ1v) is 5.17. The zero-order valence-corrected chi connectivity index (χ0v) is 9.92. The molecule has 0 aliphatic rings. The summed E-state index contributed by atoms with van der Waals surface area (Å²) in [6.07, 6.45) is -2.83. The summed E-state index contributed by atoms with van der Waals surface area (Å²) in [5.74, 6) is -0.869. The number of carbonyl (C=O) groups excluding carboxylic acids is 1. The highest BCUT2D eigenvalue weighted by molar-refractivity contribution is 9.10. The minimum absolute atomic E-state index is 0.0284. The number of carbonyl (C=O) groups is 1. The van der Waals surface area contributed by atoms with Crippen molar-refractivity contribution in [3.8, 4) is 0 Å². The molecule has 0 atom stereocenters. The third-order valence-corrected chi connectivity index (χ3v) is 2.35. The van der Waals surface area contributed by atoms with Crippen molar-refractivity contribution in [3.05, 3.63) is 21.8 Å². The SMILES string of the molecule is CCOC(=O)c1cc(N)nc(Br)c1C(F)F. The molecule has 16 heavy (non-hydrogen) atoms. The van der Waals surface area contributed by atoms with Gasteiger partial charge in [-0.2, -0.15) is 0 Å². The Morgan fingerprint density at radius 1 is 1.69 bits per heavy atom. The van der Waals surface area contributed by atoms with Crippen molar-refractivity contribution in [2.45, 2.75) is 13.3 Å². The van der Waals surface area contributed by atoms with Gasteiger partial charge in [-0.15, -0.1) is 0 Å². The minimum Gasteiger partial charge on any atom is -0.462 e. The number of alkyl halides is 2. The molecule has 0 fully saturated rings. The Morgan fingerprint density at radius 3 is 2.81 bits per heavy atom. The number of nitrogens with two attached hydrogens (primary N) is 1. The average Bonchev–Trinajstić information content (AvgIpc) is 2.15. The third kappa shape index (κ3) is 2.66. The molecular formula is C9H9BrF2N2O2. The summed E-state index contributed by atoms with van der Waals surface area (Å²) in [5, 5.41) is 0. The number of aromatic nitrogens is 1. The molecule has 0 amide bonds. The van der Waals surface area contributed by atoms with Gasteiger partial charge in [-0.05, 0) is 28.9 Å². The number of esters is 1. The molecule has 1 aromatic heterocycles. The number of anilines is 1. The summed E-state index contributed by atoms with van der Waals surface area (Å²) in [5.41, 5.74) is 4.59. The molecule has 0 saturated heterocycles. The van der Waals surface area contributed by atoms with E-state index in [1.807, 2.05) is 0 Å². The molecule has 0 aliphatic heterocycles. The highest BCUT2D eigenvalue weighted by Crippen LogP contribution is 2.30. The van der Waals surface area contributed by atoms with Crippen molar-refractivity contribution in [1.29, 1.82) is 0 Å². The van der Waals surface area contributed by atoms with E-state index in [0.717, 1.165) is 6.07 Å². The number of pyridine rings is 1. The molecule has 4 nitrogen and oxygen atoms in total. The molecule has 0 bridgehead atoms. The Bertz CT molecular complexity index is 413. The first-order chi connectivity index (χ1) is 7.47. The lowest BCUT2D eigenvalue weighted by Gasteiger charge is -2.10. The molecule has 0 aliphatic carbocycles. The standard InChI is InChI=1S/C9H9BrF2N2O2/c1-2-16-9(15)4-3-5(13)14-7(10)6(4)8(11)12/h3,8H,2H2,1H3,(H2,13,14). The fourth-order valence-electron chi connectivity index (χ4n) is 1.13. The summed E-state index contributed by atoms with van der Waals surface area (Å²) < 4.78 is 29.9. The van der Waals surface area contributed by atoms with Gasteiger partial charge in [0.25, 0.3) is 6.43 Å². The van der Waals surface area contributed by atoms with Crippen LogP contribution in [0.4, 0.5) is 14.6 Å². The van der Waals surface area contributed by atoms with Gasteiger partial charge in [-0.25, -0.2) is 18.6 Å². The molecule has 0 aromatic carbocycles. The predicted molar refractivity (Wildman–Crippen MR) is 57.3 cm³/mol. The van der Waals surface area contributed by atoms with E-state index in [1.54, 1.807) is 6.92 Å². The van der Waals surface area contributed by atoms with E-state index in [1.165, 1.54) is 0 Å². The summed E-state index contributed by atoms with van der Waals surface area (Å²) in [7, 11) is 0. The lowest BCUT2D eigenvalue weighted by molar-refractivity contribution is 0.0515. The van der Waals surface area contributed by atoms with Crippen LogP contribution in [0.5, 0.6) is 0 Å². The Labute approximate surface area is 98.9 Å². The third-order valence-electron chi connectivity index (χ3n) is 1.75. The number of hydrogen-bond acceptors (Lipinski definition) is 4. The Balaban J connectivity index is 3.29. The number of nitrogens with zero attached hydrogens (tertiary/aromatic N) is 1. The quantitative estimate of drug-likeness (QED) is 0.687. The fraction of sp³-hybridized carbons (Fsp3) is 0.333. The second kappa shape index (κ2) is 5.20. The van der Waals surface area contributed by atoms with E-state index in [0.29, 0.717) is 0 Å². The van der Waals surface area contributed by atoms with E-state index in [9.17, 15) is 13.6 Å². The minimum atomic E-state index is -2.83. The number of rotatable bonds is 3. The van der Waals surface area contributed by atoms with Crippen LogP contribution in [-0.4, -0.2) is 17.6 Å². The van der Waals surface area contributed by atoms with Crippen LogP contribution in [0.3, 0.4) is 0 Å². The lowest BCUT2D eigenvalue weighted by Crippen LogP contribution is -2.11. The van der Waals surface area contributed by atoms with Crippen LogP contribution in [0.15, 0.2) is 10.7 Å². The van der Waals surface area contributed by atoms with Crippen molar-refractivity contribution in [1.82, 2.24) is 4.98 Å². The van der Waals surface area contributed by atoms with E-state index in [4.69, 9.17) is 5.73 Å². The van der Waals surface area contributed by atoms with Gasteiger partial charge in [-0.3, -0.25) is 0 Å². The molecule has 88 valence electrons. The maximum Gasteiger partial charge on any atom is 0.338 e. The van der Waals surface area contributed by atoms with Crippen LogP contribution in [-0.2, 0) is 4.74 Å². The molecule has 1 rings (SSSR count). The number of hydrogen-bond donors (Lipinski definition) is 1. The van der Waals surface area contributed by atoms with Gasteiger partial charge in [0.15, 0.2) is 0 Å². The van der Waals surface area contributed by atoms with E-state index >= 15 is 0 Å². The second-order valence-electron chi connectivity index (χ2n) is 2.82. The van der Waals surface area contributed by atoms with Crippen LogP contribution in [0.25, 0.3) is 0 Å². The zero-order chi connectivity index (χ0) is 12.3. The van der Waals surface area contributed by atoms with E-state index in [-0.39, 0.29) is 22.6 Å².